The summed E-state index contributed by atoms with van der Waals surface area (Å²) in [6, 6.07) is 1.48. The molecule has 0 aliphatic rings. The standard InChI is InChI=1S/C13H7F14N/c14-5-7-3-1-2-6(28-7)4-8(11(19,20)21,12(22,23)24)9(15,16)10(17,18)13(25,26)27/h1-3H,4-5H2. The molecule has 0 aromatic carbocycles. The molecule has 0 fully saturated rings. The predicted octanol–water partition coefficient (Wildman–Crippen LogP) is 6.04. The molecule has 0 aliphatic heterocycles. The number of nitrogens with zero attached hydrogens (tertiary/aromatic N) is 1. The topological polar surface area (TPSA) is 12.9 Å². The van der Waals surface area contributed by atoms with Gasteiger partial charge in [-0.25, -0.2) is 4.39 Å². The van der Waals surface area contributed by atoms with Crippen molar-refractivity contribution in [3.05, 3.63) is 29.6 Å². The molecule has 0 amide bonds. The second-order valence-electron chi connectivity index (χ2n) is 5.48. The van der Waals surface area contributed by atoms with Gasteiger partial charge in [0, 0.05) is 12.1 Å². The molecule has 0 N–H and O–H groups in total. The highest BCUT2D eigenvalue weighted by atomic mass is 19.4. The minimum Gasteiger partial charge on any atom is -0.255 e. The van der Waals surface area contributed by atoms with Crippen molar-refractivity contribution in [2.75, 3.05) is 0 Å². The van der Waals surface area contributed by atoms with E-state index in [1.54, 1.807) is 0 Å². The SMILES string of the molecule is FCc1cccc(CC(C(F)(F)F)(C(F)(F)F)C(F)(F)C(F)(F)C(F)(F)F)n1. The maximum absolute atomic E-state index is 13.9. The number of aromatic nitrogens is 1. The van der Waals surface area contributed by atoms with Gasteiger partial charge in [-0.2, -0.15) is 57.1 Å². The van der Waals surface area contributed by atoms with E-state index in [9.17, 15) is 61.5 Å². The van der Waals surface area contributed by atoms with Crippen LogP contribution >= 0.6 is 0 Å². The fourth-order valence-corrected chi connectivity index (χ4v) is 2.25. The summed E-state index contributed by atoms with van der Waals surface area (Å²) >= 11 is 0. The number of hydrogen-bond acceptors (Lipinski definition) is 1. The van der Waals surface area contributed by atoms with E-state index in [0.717, 1.165) is 0 Å². The average molecular weight is 443 g/mol. The predicted molar refractivity (Wildman–Crippen MR) is 63.2 cm³/mol. The quantitative estimate of drug-likeness (QED) is 0.506. The number of pyridine rings is 1. The van der Waals surface area contributed by atoms with Crippen LogP contribution in [0.2, 0.25) is 0 Å². The van der Waals surface area contributed by atoms with Gasteiger partial charge in [0.2, 0.25) is 5.41 Å². The van der Waals surface area contributed by atoms with Crippen molar-refractivity contribution in [1.29, 1.82) is 0 Å². The average Bonchev–Trinajstić information content (AvgIpc) is 2.48. The Morgan fingerprint density at radius 1 is 0.607 bits per heavy atom. The van der Waals surface area contributed by atoms with Crippen LogP contribution in [0, 0.1) is 5.41 Å². The zero-order valence-electron chi connectivity index (χ0n) is 12.9. The van der Waals surface area contributed by atoms with Crippen molar-refractivity contribution < 1.29 is 61.5 Å². The summed E-state index contributed by atoms with van der Waals surface area (Å²) in [5.74, 6) is -15.5. The normalized spacial score (nSPS) is 15.1. The Hall–Kier alpha value is -1.83. The van der Waals surface area contributed by atoms with E-state index < -0.39 is 60.3 Å². The van der Waals surface area contributed by atoms with Crippen molar-refractivity contribution in [3.8, 4) is 0 Å². The van der Waals surface area contributed by atoms with Crippen LogP contribution in [-0.2, 0) is 13.1 Å². The molecule has 162 valence electrons. The van der Waals surface area contributed by atoms with Gasteiger partial charge < -0.3 is 0 Å². The summed E-state index contributed by atoms with van der Waals surface area (Å²) in [4.78, 5) is 2.83. The Kier molecular flexibility index (Phi) is 5.96. The molecule has 1 aromatic heterocycles. The minimum atomic E-state index is -7.73. The Morgan fingerprint density at radius 2 is 1.04 bits per heavy atom. The molecule has 0 aliphatic carbocycles. The highest BCUT2D eigenvalue weighted by Gasteiger charge is 2.91. The Balaban J connectivity index is 3.87. The van der Waals surface area contributed by atoms with E-state index in [1.165, 1.54) is 0 Å². The lowest BCUT2D eigenvalue weighted by molar-refractivity contribution is -0.460. The van der Waals surface area contributed by atoms with Gasteiger partial charge in [-0.05, 0) is 12.1 Å². The molecule has 0 saturated heterocycles. The first kappa shape index (κ1) is 24.2. The Morgan fingerprint density at radius 3 is 1.39 bits per heavy atom. The van der Waals surface area contributed by atoms with Crippen LogP contribution in [0.5, 0.6) is 0 Å². The lowest BCUT2D eigenvalue weighted by atomic mass is 9.72. The molecule has 0 spiro atoms. The van der Waals surface area contributed by atoms with E-state index in [2.05, 4.69) is 4.98 Å². The van der Waals surface area contributed by atoms with Gasteiger partial charge in [0.15, 0.2) is 0 Å². The molecular weight excluding hydrogens is 436 g/mol. The third-order valence-electron chi connectivity index (χ3n) is 3.70. The third-order valence-corrected chi connectivity index (χ3v) is 3.70. The highest BCUT2D eigenvalue weighted by molar-refractivity contribution is 5.19. The molecule has 28 heavy (non-hydrogen) atoms. The summed E-state index contributed by atoms with van der Waals surface area (Å²) in [6.07, 6.45) is -25.3. The van der Waals surface area contributed by atoms with Crippen molar-refractivity contribution in [2.45, 2.75) is 43.5 Å². The minimum absolute atomic E-state index is 0.215. The summed E-state index contributed by atoms with van der Waals surface area (Å²) in [7, 11) is 0. The number of halogens is 14. The van der Waals surface area contributed by atoms with Crippen LogP contribution in [-0.4, -0.2) is 35.4 Å². The van der Waals surface area contributed by atoms with Crippen LogP contribution in [0.4, 0.5) is 61.5 Å². The molecule has 0 unspecified atom stereocenters. The fourth-order valence-electron chi connectivity index (χ4n) is 2.25. The van der Waals surface area contributed by atoms with E-state index in [4.69, 9.17) is 0 Å². The molecule has 0 atom stereocenters. The van der Waals surface area contributed by atoms with E-state index in [1.807, 2.05) is 0 Å². The largest absolute Gasteiger partial charge is 0.459 e. The molecule has 15 heteroatoms. The molecule has 0 saturated carbocycles. The summed E-state index contributed by atoms with van der Waals surface area (Å²) in [5, 5.41) is 0. The van der Waals surface area contributed by atoms with Gasteiger partial charge in [0.05, 0.1) is 5.69 Å². The maximum Gasteiger partial charge on any atom is 0.459 e. The molecule has 0 radical (unpaired) electrons. The summed E-state index contributed by atoms with van der Waals surface area (Å²) in [6.45, 7) is -1.59. The molecule has 1 nitrogen and oxygen atoms in total. The van der Waals surface area contributed by atoms with Gasteiger partial charge >= 0.3 is 30.4 Å². The molecule has 1 rings (SSSR count). The van der Waals surface area contributed by atoms with Crippen molar-refractivity contribution in [2.24, 2.45) is 5.41 Å². The molecule has 0 bridgehead atoms. The zero-order chi connectivity index (χ0) is 22.4. The van der Waals surface area contributed by atoms with Gasteiger partial charge in [-0.3, -0.25) is 4.98 Å². The van der Waals surface area contributed by atoms with E-state index >= 15 is 0 Å². The van der Waals surface area contributed by atoms with Gasteiger partial charge in [0.25, 0.3) is 0 Å². The van der Waals surface area contributed by atoms with E-state index in [0.29, 0.717) is 12.1 Å². The highest BCUT2D eigenvalue weighted by Crippen LogP contribution is 2.66. The number of alkyl halides is 14. The lowest BCUT2D eigenvalue weighted by Gasteiger charge is -2.45. The number of rotatable bonds is 5. The first-order valence-electron chi connectivity index (χ1n) is 6.73. The van der Waals surface area contributed by atoms with Gasteiger partial charge in [0.1, 0.15) is 6.67 Å². The van der Waals surface area contributed by atoms with Gasteiger partial charge in [-0.1, -0.05) is 6.07 Å². The van der Waals surface area contributed by atoms with Gasteiger partial charge in [-0.15, -0.1) is 0 Å². The second-order valence-corrected chi connectivity index (χ2v) is 5.48. The van der Waals surface area contributed by atoms with Crippen LogP contribution in [0.15, 0.2) is 18.2 Å². The smallest absolute Gasteiger partial charge is 0.255 e. The summed E-state index contributed by atoms with van der Waals surface area (Å²) in [5.41, 5.74) is -9.36. The second kappa shape index (κ2) is 6.90. The lowest BCUT2D eigenvalue weighted by Crippen LogP contribution is -2.71. The maximum atomic E-state index is 13.9. The first-order chi connectivity index (χ1) is 12.3. The fraction of sp³-hybridized carbons (Fsp3) is 0.615. The first-order valence-corrected chi connectivity index (χ1v) is 6.73. The van der Waals surface area contributed by atoms with Crippen LogP contribution in [0.25, 0.3) is 0 Å². The van der Waals surface area contributed by atoms with Crippen molar-refractivity contribution in [1.82, 2.24) is 4.98 Å². The van der Waals surface area contributed by atoms with Crippen molar-refractivity contribution in [3.63, 3.8) is 0 Å². The van der Waals surface area contributed by atoms with E-state index in [-0.39, 0.29) is 6.07 Å². The monoisotopic (exact) mass is 443 g/mol. The number of hydrogen-bond donors (Lipinski definition) is 0. The molecule has 1 aromatic rings. The van der Waals surface area contributed by atoms with Crippen LogP contribution in [0.3, 0.4) is 0 Å². The van der Waals surface area contributed by atoms with Crippen LogP contribution < -0.4 is 0 Å². The van der Waals surface area contributed by atoms with Crippen LogP contribution in [0.1, 0.15) is 11.4 Å². The Labute approximate surface area is 146 Å². The molecule has 1 heterocycles. The van der Waals surface area contributed by atoms with Crippen molar-refractivity contribution >= 4 is 0 Å². The zero-order valence-corrected chi connectivity index (χ0v) is 12.9. The molecular formula is C13H7F14N. The Bertz CT molecular complexity index is 670. The third kappa shape index (κ3) is 3.58. The summed E-state index contributed by atoms with van der Waals surface area (Å²) < 4.78 is 182.